The lowest BCUT2D eigenvalue weighted by Gasteiger charge is -2.00. The van der Waals surface area contributed by atoms with E-state index in [0.717, 1.165) is 11.3 Å². The standard InChI is InChI=1S/C21H14ClN3O6S/c1-10-16-19(26)23-18(24-20(16)32-17(10)21(27)30-2)14(22)9-13-6-7-15(31-13)11-4-3-5-12(8-11)25(28)29/h3-9H,1-2H3,(H,23,24,26). The molecule has 0 radical (unpaired) electrons. The molecule has 162 valence electrons. The summed E-state index contributed by atoms with van der Waals surface area (Å²) in [4.78, 5) is 42.6. The lowest BCUT2D eigenvalue weighted by atomic mass is 10.1. The van der Waals surface area contributed by atoms with Crippen LogP contribution in [0.1, 0.15) is 26.8 Å². The molecule has 11 heteroatoms. The fourth-order valence-electron chi connectivity index (χ4n) is 3.10. The van der Waals surface area contributed by atoms with Crippen LogP contribution in [0.2, 0.25) is 0 Å². The second-order valence-corrected chi connectivity index (χ2v) is 8.05. The van der Waals surface area contributed by atoms with Gasteiger partial charge in [0.15, 0.2) is 5.82 Å². The zero-order valence-corrected chi connectivity index (χ0v) is 18.2. The number of halogens is 1. The van der Waals surface area contributed by atoms with Crippen molar-refractivity contribution in [2.24, 2.45) is 0 Å². The number of aromatic amines is 1. The maximum absolute atomic E-state index is 12.6. The van der Waals surface area contributed by atoms with Gasteiger partial charge >= 0.3 is 5.97 Å². The Balaban J connectivity index is 1.69. The van der Waals surface area contributed by atoms with Crippen LogP contribution in [-0.2, 0) is 4.74 Å². The lowest BCUT2D eigenvalue weighted by Crippen LogP contribution is -2.10. The number of ether oxygens (including phenoxy) is 1. The monoisotopic (exact) mass is 471 g/mol. The van der Waals surface area contributed by atoms with Crippen molar-refractivity contribution in [1.82, 2.24) is 9.97 Å². The van der Waals surface area contributed by atoms with E-state index >= 15 is 0 Å². The number of nitro benzene ring substituents is 1. The van der Waals surface area contributed by atoms with E-state index in [1.165, 1.54) is 25.3 Å². The van der Waals surface area contributed by atoms with E-state index in [4.69, 9.17) is 20.8 Å². The molecule has 0 fully saturated rings. The van der Waals surface area contributed by atoms with Gasteiger partial charge in [-0.1, -0.05) is 23.7 Å². The quantitative estimate of drug-likeness (QED) is 0.247. The summed E-state index contributed by atoms with van der Waals surface area (Å²) in [6.45, 7) is 1.65. The molecule has 0 aliphatic rings. The van der Waals surface area contributed by atoms with Crippen LogP contribution in [-0.4, -0.2) is 28.0 Å². The maximum Gasteiger partial charge on any atom is 0.348 e. The van der Waals surface area contributed by atoms with Gasteiger partial charge in [-0.2, -0.15) is 0 Å². The van der Waals surface area contributed by atoms with Crippen LogP contribution in [0.4, 0.5) is 5.69 Å². The van der Waals surface area contributed by atoms with Crippen molar-refractivity contribution in [2.75, 3.05) is 7.11 Å². The Kier molecular flexibility index (Phi) is 5.64. The molecule has 1 N–H and O–H groups in total. The van der Waals surface area contributed by atoms with Crippen LogP contribution in [0, 0.1) is 17.0 Å². The first-order valence-corrected chi connectivity index (χ1v) is 10.3. The number of hydrogen-bond donors (Lipinski definition) is 1. The molecule has 0 bridgehead atoms. The first-order chi connectivity index (χ1) is 15.3. The van der Waals surface area contributed by atoms with Crippen molar-refractivity contribution in [3.8, 4) is 11.3 Å². The number of benzene rings is 1. The number of carbonyl (C=O) groups excluding carboxylic acids is 1. The molecule has 0 saturated carbocycles. The second-order valence-electron chi connectivity index (χ2n) is 6.64. The smallest absolute Gasteiger partial charge is 0.348 e. The normalized spacial score (nSPS) is 11.7. The van der Waals surface area contributed by atoms with Gasteiger partial charge in [0, 0.05) is 23.8 Å². The number of non-ortho nitro benzene ring substituents is 1. The summed E-state index contributed by atoms with van der Waals surface area (Å²) in [7, 11) is 1.26. The first kappa shape index (κ1) is 21.5. The van der Waals surface area contributed by atoms with Crippen LogP contribution < -0.4 is 5.56 Å². The van der Waals surface area contributed by atoms with Gasteiger partial charge in [0.25, 0.3) is 11.2 Å². The number of aryl methyl sites for hydroxylation is 1. The van der Waals surface area contributed by atoms with Crippen molar-refractivity contribution in [2.45, 2.75) is 6.92 Å². The number of nitro groups is 1. The largest absolute Gasteiger partial charge is 0.465 e. The first-order valence-electron chi connectivity index (χ1n) is 9.12. The average molecular weight is 472 g/mol. The zero-order chi connectivity index (χ0) is 23.0. The van der Waals surface area contributed by atoms with Gasteiger partial charge in [-0.15, -0.1) is 11.3 Å². The Bertz CT molecular complexity index is 1470. The second kappa shape index (κ2) is 8.40. The Morgan fingerprint density at radius 1 is 1.34 bits per heavy atom. The SMILES string of the molecule is COC(=O)c1sc2nc(C(Cl)=Cc3ccc(-c4cccc([N+](=O)[O-])c4)o3)[nH]c(=O)c2c1C. The van der Waals surface area contributed by atoms with Crippen molar-refractivity contribution in [3.05, 3.63) is 78.9 Å². The number of H-pyrrole nitrogens is 1. The highest BCUT2D eigenvalue weighted by molar-refractivity contribution is 7.20. The molecule has 0 aliphatic carbocycles. The number of aromatic nitrogens is 2. The van der Waals surface area contributed by atoms with Crippen LogP contribution in [0.5, 0.6) is 0 Å². The fourth-order valence-corrected chi connectivity index (χ4v) is 4.39. The molecule has 0 spiro atoms. The maximum atomic E-state index is 12.6. The molecular formula is C21H14ClN3O6S. The minimum atomic E-state index is -0.544. The Hall–Kier alpha value is -3.76. The molecule has 0 atom stereocenters. The molecule has 1 aromatic carbocycles. The van der Waals surface area contributed by atoms with Gasteiger partial charge in [-0.05, 0) is 24.6 Å². The summed E-state index contributed by atoms with van der Waals surface area (Å²) < 4.78 is 10.5. The highest BCUT2D eigenvalue weighted by Gasteiger charge is 2.20. The predicted octanol–water partition coefficient (Wildman–Crippen LogP) is 4.98. The molecule has 3 aromatic heterocycles. The number of nitrogens with zero attached hydrogens (tertiary/aromatic N) is 2. The van der Waals surface area contributed by atoms with Crippen molar-refractivity contribution in [3.63, 3.8) is 0 Å². The van der Waals surface area contributed by atoms with E-state index < -0.39 is 16.5 Å². The zero-order valence-electron chi connectivity index (χ0n) is 16.7. The molecule has 9 nitrogen and oxygen atoms in total. The van der Waals surface area contributed by atoms with Crippen LogP contribution in [0.25, 0.3) is 32.6 Å². The topological polar surface area (TPSA) is 128 Å². The summed E-state index contributed by atoms with van der Waals surface area (Å²) in [5.41, 5.74) is 0.538. The molecule has 4 aromatic rings. The number of esters is 1. The number of hydrogen-bond acceptors (Lipinski definition) is 8. The highest BCUT2D eigenvalue weighted by atomic mass is 35.5. The van der Waals surface area contributed by atoms with E-state index in [9.17, 15) is 19.7 Å². The van der Waals surface area contributed by atoms with Gasteiger partial charge in [-0.25, -0.2) is 9.78 Å². The molecule has 4 rings (SSSR count). The Morgan fingerprint density at radius 3 is 2.84 bits per heavy atom. The third-order valence-electron chi connectivity index (χ3n) is 4.63. The summed E-state index contributed by atoms with van der Waals surface area (Å²) in [5, 5.41) is 11.4. The summed E-state index contributed by atoms with van der Waals surface area (Å²) in [6, 6.07) is 9.33. The number of furan rings is 1. The highest BCUT2D eigenvalue weighted by Crippen LogP contribution is 2.30. The minimum Gasteiger partial charge on any atom is -0.465 e. The molecule has 0 saturated heterocycles. The van der Waals surface area contributed by atoms with E-state index in [1.807, 2.05) is 0 Å². The van der Waals surface area contributed by atoms with Crippen molar-refractivity contribution >= 4 is 55.9 Å². The van der Waals surface area contributed by atoms with Crippen LogP contribution in [0.15, 0.2) is 45.6 Å². The summed E-state index contributed by atoms with van der Waals surface area (Å²) in [5.74, 6) is 0.335. The predicted molar refractivity (Wildman–Crippen MR) is 121 cm³/mol. The molecule has 32 heavy (non-hydrogen) atoms. The Labute approximate surface area is 189 Å². The molecule has 0 unspecified atom stereocenters. The van der Waals surface area contributed by atoms with Crippen LogP contribution >= 0.6 is 22.9 Å². The Morgan fingerprint density at radius 2 is 2.12 bits per heavy atom. The summed E-state index contributed by atoms with van der Waals surface area (Å²) in [6.07, 6.45) is 1.47. The summed E-state index contributed by atoms with van der Waals surface area (Å²) >= 11 is 7.41. The van der Waals surface area contributed by atoms with Gasteiger partial charge in [-0.3, -0.25) is 14.9 Å². The van der Waals surface area contributed by atoms with E-state index in [1.54, 1.807) is 31.2 Å². The molecular weight excluding hydrogens is 458 g/mol. The third kappa shape index (κ3) is 3.93. The third-order valence-corrected chi connectivity index (χ3v) is 6.09. The fraction of sp³-hybridized carbons (Fsp3) is 0.0952. The van der Waals surface area contributed by atoms with Gasteiger partial charge in [0.2, 0.25) is 0 Å². The number of rotatable bonds is 5. The number of nitrogens with one attached hydrogen (secondary N) is 1. The number of methoxy groups -OCH3 is 1. The van der Waals surface area contributed by atoms with E-state index in [2.05, 4.69) is 9.97 Å². The number of fused-ring (bicyclic) bond motifs is 1. The van der Waals surface area contributed by atoms with Gasteiger partial charge in [0.05, 0.1) is 22.5 Å². The van der Waals surface area contributed by atoms with E-state index in [0.29, 0.717) is 37.7 Å². The molecule has 0 amide bonds. The van der Waals surface area contributed by atoms with Crippen molar-refractivity contribution < 1.29 is 18.9 Å². The van der Waals surface area contributed by atoms with Crippen molar-refractivity contribution in [1.29, 1.82) is 0 Å². The van der Waals surface area contributed by atoms with Gasteiger partial charge < -0.3 is 14.1 Å². The average Bonchev–Trinajstić information content (AvgIpc) is 3.38. The molecule has 0 aliphatic heterocycles. The minimum absolute atomic E-state index is 0.0540. The van der Waals surface area contributed by atoms with E-state index in [-0.39, 0.29) is 16.5 Å². The number of carbonyl (C=O) groups is 1. The lowest BCUT2D eigenvalue weighted by molar-refractivity contribution is -0.384. The van der Waals surface area contributed by atoms with Crippen LogP contribution in [0.3, 0.4) is 0 Å². The van der Waals surface area contributed by atoms with Gasteiger partial charge in [0.1, 0.15) is 21.2 Å². The number of thiophene rings is 1. The molecule has 3 heterocycles.